The van der Waals surface area contributed by atoms with Crippen molar-refractivity contribution >= 4 is 11.9 Å². The average Bonchev–Trinajstić information content (AvgIpc) is 2.33. The van der Waals surface area contributed by atoms with Crippen molar-refractivity contribution in [2.45, 2.75) is 19.4 Å². The molecule has 1 amide bonds. The molecule has 0 aromatic heterocycles. The Balaban J connectivity index is 2.04. The Hall–Kier alpha value is -1.84. The van der Waals surface area contributed by atoms with Crippen LogP contribution in [0.1, 0.15) is 18.4 Å². The minimum absolute atomic E-state index is 0.0475. The van der Waals surface area contributed by atoms with Crippen LogP contribution in [0.3, 0.4) is 0 Å². The van der Waals surface area contributed by atoms with E-state index >= 15 is 0 Å². The number of amides is 1. The van der Waals surface area contributed by atoms with Gasteiger partial charge in [0.15, 0.2) is 0 Å². The first-order valence-corrected chi connectivity index (χ1v) is 5.71. The van der Waals surface area contributed by atoms with Crippen LogP contribution in [-0.4, -0.2) is 28.4 Å². The largest absolute Gasteiger partial charge is 0.481 e. The molecule has 90 valence electrons. The van der Waals surface area contributed by atoms with E-state index in [1.54, 1.807) is 4.90 Å². The maximum atomic E-state index is 11.7. The van der Waals surface area contributed by atoms with Gasteiger partial charge >= 0.3 is 5.97 Å². The lowest BCUT2D eigenvalue weighted by Gasteiger charge is -2.30. The number of rotatable bonds is 3. The van der Waals surface area contributed by atoms with Gasteiger partial charge < -0.3 is 10.0 Å². The molecule has 1 aliphatic heterocycles. The van der Waals surface area contributed by atoms with Crippen LogP contribution in [0.25, 0.3) is 0 Å². The predicted molar refractivity (Wildman–Crippen MR) is 62.2 cm³/mol. The third kappa shape index (κ3) is 2.84. The Kier molecular flexibility index (Phi) is 3.42. The van der Waals surface area contributed by atoms with Gasteiger partial charge in [0, 0.05) is 19.5 Å². The highest BCUT2D eigenvalue weighted by molar-refractivity contribution is 5.80. The molecule has 1 aromatic rings. The highest BCUT2D eigenvalue weighted by Crippen LogP contribution is 2.19. The van der Waals surface area contributed by atoms with Crippen LogP contribution in [0.5, 0.6) is 0 Å². The van der Waals surface area contributed by atoms with E-state index in [9.17, 15) is 9.59 Å². The second kappa shape index (κ2) is 4.99. The van der Waals surface area contributed by atoms with E-state index in [0.29, 0.717) is 25.9 Å². The number of carboxylic acid groups (broad SMARTS) is 1. The summed E-state index contributed by atoms with van der Waals surface area (Å²) in [6.45, 7) is 0.826. The molecule has 4 nitrogen and oxygen atoms in total. The minimum atomic E-state index is -0.810. The molecule has 4 heteroatoms. The summed E-state index contributed by atoms with van der Waals surface area (Å²) >= 11 is 0. The summed E-state index contributed by atoms with van der Waals surface area (Å²) in [7, 11) is 0. The number of piperidine rings is 1. The fraction of sp³-hybridized carbons (Fsp3) is 0.385. The molecule has 1 saturated heterocycles. The second-order valence-electron chi connectivity index (χ2n) is 4.33. The molecule has 1 aromatic carbocycles. The Morgan fingerprint density at radius 2 is 2.06 bits per heavy atom. The van der Waals surface area contributed by atoms with Crippen LogP contribution in [0.2, 0.25) is 0 Å². The minimum Gasteiger partial charge on any atom is -0.481 e. The normalized spacial score (nSPS) is 20.4. The van der Waals surface area contributed by atoms with Gasteiger partial charge in [-0.25, -0.2) is 0 Å². The highest BCUT2D eigenvalue weighted by Gasteiger charge is 2.29. The lowest BCUT2D eigenvalue weighted by atomic mass is 9.97. The molecular weight excluding hydrogens is 218 g/mol. The zero-order chi connectivity index (χ0) is 12.3. The van der Waals surface area contributed by atoms with Crippen molar-refractivity contribution in [1.29, 1.82) is 0 Å². The molecule has 1 atom stereocenters. The summed E-state index contributed by atoms with van der Waals surface area (Å²) in [5.41, 5.74) is 1.03. The number of aliphatic carboxylic acids is 1. The summed E-state index contributed by atoms with van der Waals surface area (Å²) in [6.07, 6.45) is 0.795. The average molecular weight is 233 g/mol. The Morgan fingerprint density at radius 1 is 1.35 bits per heavy atom. The Bertz CT molecular complexity index is 416. The lowest BCUT2D eigenvalue weighted by molar-refractivity contribution is -0.147. The van der Waals surface area contributed by atoms with E-state index in [4.69, 9.17) is 5.11 Å². The molecular formula is C13H15NO3. The summed E-state index contributed by atoms with van der Waals surface area (Å²) in [5, 5.41) is 8.97. The number of likely N-dealkylation sites (tertiary alicyclic amines) is 1. The van der Waals surface area contributed by atoms with E-state index in [2.05, 4.69) is 0 Å². The predicted octanol–water partition coefficient (Wildman–Crippen LogP) is 1.51. The zero-order valence-corrected chi connectivity index (χ0v) is 9.50. The van der Waals surface area contributed by atoms with Gasteiger partial charge in [0.2, 0.25) is 5.91 Å². The van der Waals surface area contributed by atoms with Crippen molar-refractivity contribution in [1.82, 2.24) is 4.90 Å². The smallest absolute Gasteiger partial charge is 0.308 e. The van der Waals surface area contributed by atoms with E-state index in [0.717, 1.165) is 5.56 Å². The van der Waals surface area contributed by atoms with Gasteiger partial charge in [-0.15, -0.1) is 0 Å². The van der Waals surface area contributed by atoms with E-state index in [1.165, 1.54) is 0 Å². The van der Waals surface area contributed by atoms with E-state index in [-0.39, 0.29) is 5.91 Å². The molecule has 1 unspecified atom stereocenters. The van der Waals surface area contributed by atoms with Crippen LogP contribution >= 0.6 is 0 Å². The molecule has 1 fully saturated rings. The van der Waals surface area contributed by atoms with Crippen molar-refractivity contribution < 1.29 is 14.7 Å². The number of carbonyl (C=O) groups is 2. The third-order valence-corrected chi connectivity index (χ3v) is 3.07. The molecule has 0 aliphatic carbocycles. The van der Waals surface area contributed by atoms with E-state index in [1.807, 2.05) is 30.3 Å². The van der Waals surface area contributed by atoms with Crippen LogP contribution in [0, 0.1) is 5.92 Å². The first kappa shape index (κ1) is 11.6. The molecule has 1 N–H and O–H groups in total. The Morgan fingerprint density at radius 3 is 2.71 bits per heavy atom. The van der Waals surface area contributed by atoms with Crippen molar-refractivity contribution in [3.8, 4) is 0 Å². The topological polar surface area (TPSA) is 57.6 Å². The van der Waals surface area contributed by atoms with Crippen LogP contribution in [-0.2, 0) is 16.1 Å². The van der Waals surface area contributed by atoms with Crippen molar-refractivity contribution in [3.05, 3.63) is 35.9 Å². The quantitative estimate of drug-likeness (QED) is 0.861. The molecule has 0 radical (unpaired) electrons. The van der Waals surface area contributed by atoms with Gasteiger partial charge in [-0.3, -0.25) is 9.59 Å². The molecule has 0 spiro atoms. The van der Waals surface area contributed by atoms with Crippen molar-refractivity contribution in [2.75, 3.05) is 6.54 Å². The maximum absolute atomic E-state index is 11.7. The summed E-state index contributed by atoms with van der Waals surface area (Å²) in [5.74, 6) is -1.18. The molecule has 1 aliphatic rings. The van der Waals surface area contributed by atoms with Gasteiger partial charge in [-0.05, 0) is 12.0 Å². The number of carboxylic acids is 1. The van der Waals surface area contributed by atoms with Gasteiger partial charge in [-0.2, -0.15) is 0 Å². The van der Waals surface area contributed by atoms with Gasteiger partial charge in [0.1, 0.15) is 0 Å². The number of hydrogen-bond donors (Lipinski definition) is 1. The first-order valence-electron chi connectivity index (χ1n) is 5.71. The maximum Gasteiger partial charge on any atom is 0.308 e. The summed E-state index contributed by atoms with van der Waals surface area (Å²) in [4.78, 5) is 24.3. The second-order valence-corrected chi connectivity index (χ2v) is 4.33. The fourth-order valence-corrected chi connectivity index (χ4v) is 2.07. The van der Waals surface area contributed by atoms with Crippen LogP contribution in [0.15, 0.2) is 30.3 Å². The summed E-state index contributed by atoms with van der Waals surface area (Å²) < 4.78 is 0. The number of carbonyl (C=O) groups excluding carboxylic acids is 1. The van der Waals surface area contributed by atoms with E-state index < -0.39 is 11.9 Å². The zero-order valence-electron chi connectivity index (χ0n) is 9.50. The molecule has 2 rings (SSSR count). The number of benzene rings is 1. The number of nitrogens with zero attached hydrogens (tertiary/aromatic N) is 1. The van der Waals surface area contributed by atoms with Crippen molar-refractivity contribution in [2.24, 2.45) is 5.92 Å². The molecule has 1 heterocycles. The molecule has 17 heavy (non-hydrogen) atoms. The fourth-order valence-electron chi connectivity index (χ4n) is 2.07. The first-order chi connectivity index (χ1) is 8.16. The highest BCUT2D eigenvalue weighted by atomic mass is 16.4. The SMILES string of the molecule is O=C(O)C1CCC(=O)N(Cc2ccccc2)C1. The molecule has 0 saturated carbocycles. The van der Waals surface area contributed by atoms with Gasteiger partial charge in [0.25, 0.3) is 0 Å². The van der Waals surface area contributed by atoms with Crippen LogP contribution in [0.4, 0.5) is 0 Å². The summed E-state index contributed by atoms with van der Waals surface area (Å²) in [6, 6.07) is 9.63. The monoisotopic (exact) mass is 233 g/mol. The van der Waals surface area contributed by atoms with Crippen molar-refractivity contribution in [3.63, 3.8) is 0 Å². The lowest BCUT2D eigenvalue weighted by Crippen LogP contribution is -2.41. The Labute approximate surface area is 99.9 Å². The third-order valence-electron chi connectivity index (χ3n) is 3.07. The standard InChI is InChI=1S/C13H15NO3/c15-12-7-6-11(13(16)17)9-14(12)8-10-4-2-1-3-5-10/h1-5,11H,6-9H2,(H,16,17). The van der Waals surface area contributed by atoms with Gasteiger partial charge in [0.05, 0.1) is 5.92 Å². The van der Waals surface area contributed by atoms with Crippen LogP contribution < -0.4 is 0 Å². The van der Waals surface area contributed by atoms with Gasteiger partial charge in [-0.1, -0.05) is 30.3 Å². The molecule has 0 bridgehead atoms. The number of hydrogen-bond acceptors (Lipinski definition) is 2.